The number of hydrogen-bond acceptors (Lipinski definition) is 4. The summed E-state index contributed by atoms with van der Waals surface area (Å²) in [6, 6.07) is 19.3. The van der Waals surface area contributed by atoms with Gasteiger partial charge in [-0.2, -0.15) is 0 Å². The van der Waals surface area contributed by atoms with Gasteiger partial charge >= 0.3 is 0 Å². The monoisotopic (exact) mass is 372 g/mol. The number of carbonyl (C=O) groups excluding carboxylic acids is 4. The van der Waals surface area contributed by atoms with E-state index < -0.39 is 0 Å². The minimum Gasteiger partial charge on any atom is -0.322 e. The molecule has 138 valence electrons. The molecule has 0 saturated carbocycles. The fourth-order valence-electron chi connectivity index (χ4n) is 2.47. The normalized spacial score (nSPS) is 10.0. The first-order chi connectivity index (χ1) is 13.6. The summed E-state index contributed by atoms with van der Waals surface area (Å²) < 4.78 is 0. The van der Waals surface area contributed by atoms with Crippen molar-refractivity contribution in [3.63, 3.8) is 0 Å². The van der Waals surface area contributed by atoms with Crippen LogP contribution < -0.4 is 10.6 Å². The Bertz CT molecular complexity index is 923. The van der Waals surface area contributed by atoms with E-state index in [4.69, 9.17) is 0 Å². The Morgan fingerprint density at radius 2 is 0.857 bits per heavy atom. The molecule has 0 fully saturated rings. The van der Waals surface area contributed by atoms with Gasteiger partial charge in [-0.25, -0.2) is 0 Å². The van der Waals surface area contributed by atoms with Crippen molar-refractivity contribution in [3.05, 3.63) is 95.1 Å². The fraction of sp³-hybridized carbons (Fsp3) is 0. The smallest absolute Gasteiger partial charge is 0.255 e. The summed E-state index contributed by atoms with van der Waals surface area (Å²) in [5, 5.41) is 5.50. The van der Waals surface area contributed by atoms with Gasteiger partial charge in [0.1, 0.15) is 12.6 Å². The van der Waals surface area contributed by atoms with Gasteiger partial charge in [-0.1, -0.05) is 24.3 Å². The quantitative estimate of drug-likeness (QED) is 0.644. The number of benzene rings is 3. The highest BCUT2D eigenvalue weighted by Crippen LogP contribution is 2.16. The predicted molar refractivity (Wildman–Crippen MR) is 106 cm³/mol. The maximum Gasteiger partial charge on any atom is 0.255 e. The standard InChI is InChI=1S/C22H16N2O4/c25-13-15-1-5-17(6-2-15)21(27)23-19-9-11-20(12-10-19)24-22(28)18-7-3-16(14-26)4-8-18/h1-14H,(H,23,27)(H,24,28). The summed E-state index contributed by atoms with van der Waals surface area (Å²) in [6.07, 6.45) is 1.43. The molecule has 6 nitrogen and oxygen atoms in total. The summed E-state index contributed by atoms with van der Waals surface area (Å²) in [6.45, 7) is 0. The van der Waals surface area contributed by atoms with Gasteiger partial charge in [0.15, 0.2) is 0 Å². The molecule has 0 aliphatic rings. The molecule has 0 bridgehead atoms. The predicted octanol–water partition coefficient (Wildman–Crippen LogP) is 3.82. The van der Waals surface area contributed by atoms with Gasteiger partial charge in [0.2, 0.25) is 0 Å². The van der Waals surface area contributed by atoms with Crippen LogP contribution in [-0.4, -0.2) is 24.4 Å². The van der Waals surface area contributed by atoms with Crippen molar-refractivity contribution in [2.75, 3.05) is 10.6 Å². The van der Waals surface area contributed by atoms with E-state index in [-0.39, 0.29) is 11.8 Å². The molecular weight excluding hydrogens is 356 g/mol. The van der Waals surface area contributed by atoms with Gasteiger partial charge in [0.25, 0.3) is 11.8 Å². The number of aldehydes is 2. The second-order valence-electron chi connectivity index (χ2n) is 5.97. The molecule has 0 saturated heterocycles. The van der Waals surface area contributed by atoms with E-state index >= 15 is 0 Å². The van der Waals surface area contributed by atoms with E-state index in [2.05, 4.69) is 10.6 Å². The van der Waals surface area contributed by atoms with Gasteiger partial charge < -0.3 is 10.6 Å². The van der Waals surface area contributed by atoms with Crippen LogP contribution in [0.3, 0.4) is 0 Å². The number of hydrogen-bond donors (Lipinski definition) is 2. The Morgan fingerprint density at radius 3 is 1.14 bits per heavy atom. The van der Waals surface area contributed by atoms with Crippen LogP contribution in [-0.2, 0) is 0 Å². The molecule has 3 aromatic carbocycles. The average Bonchev–Trinajstić information content (AvgIpc) is 2.75. The van der Waals surface area contributed by atoms with Crippen LogP contribution in [0.25, 0.3) is 0 Å². The zero-order valence-electron chi connectivity index (χ0n) is 14.7. The molecule has 2 N–H and O–H groups in total. The molecule has 0 heterocycles. The minimum absolute atomic E-state index is 0.301. The number of rotatable bonds is 6. The Kier molecular flexibility index (Phi) is 5.72. The molecule has 0 aliphatic heterocycles. The highest BCUT2D eigenvalue weighted by Gasteiger charge is 2.08. The number of carbonyl (C=O) groups is 4. The molecule has 0 atom stereocenters. The molecule has 28 heavy (non-hydrogen) atoms. The Labute approximate surface area is 161 Å². The largest absolute Gasteiger partial charge is 0.322 e. The van der Waals surface area contributed by atoms with Gasteiger partial charge in [-0.05, 0) is 48.5 Å². The van der Waals surface area contributed by atoms with Gasteiger partial charge in [-0.15, -0.1) is 0 Å². The molecule has 0 spiro atoms. The van der Waals surface area contributed by atoms with Crippen LogP contribution in [0.15, 0.2) is 72.8 Å². The Morgan fingerprint density at radius 1 is 0.536 bits per heavy atom. The Hall–Kier alpha value is -4.06. The second-order valence-corrected chi connectivity index (χ2v) is 5.97. The van der Waals surface area contributed by atoms with Crippen LogP contribution in [0.4, 0.5) is 11.4 Å². The molecule has 3 aromatic rings. The van der Waals surface area contributed by atoms with Crippen LogP contribution >= 0.6 is 0 Å². The van der Waals surface area contributed by atoms with Crippen molar-refractivity contribution in [3.8, 4) is 0 Å². The lowest BCUT2D eigenvalue weighted by Gasteiger charge is -2.08. The molecule has 2 amide bonds. The summed E-state index contributed by atoms with van der Waals surface area (Å²) in [5.74, 6) is -0.603. The summed E-state index contributed by atoms with van der Waals surface area (Å²) in [7, 11) is 0. The molecule has 0 aliphatic carbocycles. The lowest BCUT2D eigenvalue weighted by atomic mass is 10.1. The van der Waals surface area contributed by atoms with E-state index in [1.807, 2.05) is 0 Å². The summed E-state index contributed by atoms with van der Waals surface area (Å²) in [5.41, 5.74) is 2.99. The zero-order chi connectivity index (χ0) is 19.9. The first kappa shape index (κ1) is 18.7. The molecule has 3 rings (SSSR count). The lowest BCUT2D eigenvalue weighted by molar-refractivity contribution is 0.101. The van der Waals surface area contributed by atoms with E-state index in [0.29, 0.717) is 46.2 Å². The number of amides is 2. The van der Waals surface area contributed by atoms with Crippen LogP contribution in [0.5, 0.6) is 0 Å². The molecular formula is C22H16N2O4. The van der Waals surface area contributed by atoms with Crippen molar-refractivity contribution in [2.45, 2.75) is 0 Å². The van der Waals surface area contributed by atoms with Crippen molar-refractivity contribution in [2.24, 2.45) is 0 Å². The highest BCUT2D eigenvalue weighted by molar-refractivity contribution is 6.06. The third-order valence-corrected chi connectivity index (χ3v) is 4.02. The van der Waals surface area contributed by atoms with Crippen molar-refractivity contribution in [1.82, 2.24) is 0 Å². The average molecular weight is 372 g/mol. The van der Waals surface area contributed by atoms with Gasteiger partial charge in [0.05, 0.1) is 0 Å². The first-order valence-corrected chi connectivity index (χ1v) is 8.42. The van der Waals surface area contributed by atoms with Gasteiger partial charge in [0, 0.05) is 33.6 Å². The zero-order valence-corrected chi connectivity index (χ0v) is 14.7. The van der Waals surface area contributed by atoms with Crippen molar-refractivity contribution in [1.29, 1.82) is 0 Å². The molecule has 0 aromatic heterocycles. The fourth-order valence-corrected chi connectivity index (χ4v) is 2.47. The van der Waals surface area contributed by atoms with E-state index in [9.17, 15) is 19.2 Å². The second kappa shape index (κ2) is 8.55. The lowest BCUT2D eigenvalue weighted by Crippen LogP contribution is -2.13. The summed E-state index contributed by atoms with van der Waals surface area (Å²) in [4.78, 5) is 45.8. The van der Waals surface area contributed by atoms with Crippen molar-refractivity contribution < 1.29 is 19.2 Å². The third-order valence-electron chi connectivity index (χ3n) is 4.02. The first-order valence-electron chi connectivity index (χ1n) is 8.42. The van der Waals surface area contributed by atoms with Crippen molar-refractivity contribution >= 4 is 35.8 Å². The van der Waals surface area contributed by atoms with E-state index in [1.54, 1.807) is 72.8 Å². The summed E-state index contributed by atoms with van der Waals surface area (Å²) >= 11 is 0. The molecule has 0 radical (unpaired) electrons. The van der Waals surface area contributed by atoms with E-state index in [1.165, 1.54) is 0 Å². The molecule has 0 unspecified atom stereocenters. The van der Waals surface area contributed by atoms with E-state index in [0.717, 1.165) is 0 Å². The van der Waals surface area contributed by atoms with Crippen LogP contribution in [0.1, 0.15) is 41.4 Å². The number of nitrogens with one attached hydrogen (secondary N) is 2. The maximum atomic E-state index is 12.2. The van der Waals surface area contributed by atoms with Crippen LogP contribution in [0.2, 0.25) is 0 Å². The molecule has 6 heteroatoms. The topological polar surface area (TPSA) is 92.3 Å². The number of anilines is 2. The highest BCUT2D eigenvalue weighted by atomic mass is 16.2. The SMILES string of the molecule is O=Cc1ccc(C(=O)Nc2ccc(NC(=O)c3ccc(C=O)cc3)cc2)cc1. The maximum absolute atomic E-state index is 12.2. The van der Waals surface area contributed by atoms with Crippen LogP contribution in [0, 0.1) is 0 Å². The minimum atomic E-state index is -0.301. The van der Waals surface area contributed by atoms with Gasteiger partial charge in [-0.3, -0.25) is 19.2 Å². The Balaban J connectivity index is 1.62. The third kappa shape index (κ3) is 4.56.